The van der Waals surface area contributed by atoms with Crippen LogP contribution in [0.1, 0.15) is 70.0 Å². The molecular weight excluding hydrogens is 238 g/mol. The summed E-state index contributed by atoms with van der Waals surface area (Å²) in [5.41, 5.74) is 0. The van der Waals surface area contributed by atoms with Crippen molar-refractivity contribution in [3.8, 4) is 0 Å². The van der Waals surface area contributed by atoms with Crippen molar-refractivity contribution in [2.75, 3.05) is 7.05 Å². The van der Waals surface area contributed by atoms with Crippen molar-refractivity contribution in [1.82, 2.24) is 15.5 Å². The minimum absolute atomic E-state index is 0.405. The van der Waals surface area contributed by atoms with E-state index in [1.165, 1.54) is 38.5 Å². The van der Waals surface area contributed by atoms with Crippen LogP contribution < -0.4 is 5.32 Å². The number of hydrogen-bond donors (Lipinski definition) is 1. The Labute approximate surface area is 116 Å². The van der Waals surface area contributed by atoms with E-state index in [1.54, 1.807) is 0 Å². The lowest BCUT2D eigenvalue weighted by Crippen LogP contribution is -2.32. The van der Waals surface area contributed by atoms with Crippen LogP contribution in [0.3, 0.4) is 0 Å². The summed E-state index contributed by atoms with van der Waals surface area (Å²) in [5, 5.41) is 7.54. The van der Waals surface area contributed by atoms with E-state index in [9.17, 15) is 0 Å². The Balaban J connectivity index is 1.97. The molecule has 0 aromatic carbocycles. The van der Waals surface area contributed by atoms with Gasteiger partial charge in [-0.25, -0.2) is 0 Å². The maximum Gasteiger partial charge on any atom is 0.228 e. The summed E-state index contributed by atoms with van der Waals surface area (Å²) in [7, 11) is 1.99. The topological polar surface area (TPSA) is 51.0 Å². The zero-order valence-corrected chi connectivity index (χ0v) is 12.5. The zero-order chi connectivity index (χ0) is 13.7. The number of rotatable bonds is 5. The fourth-order valence-electron chi connectivity index (χ4n) is 2.91. The molecule has 108 valence electrons. The number of aromatic nitrogens is 2. The van der Waals surface area contributed by atoms with Gasteiger partial charge in [-0.1, -0.05) is 44.7 Å². The lowest BCUT2D eigenvalue weighted by atomic mass is 9.99. The molecule has 1 aromatic rings. The molecule has 1 aliphatic carbocycles. The Bertz CT molecular complexity index is 367. The van der Waals surface area contributed by atoms with Gasteiger partial charge >= 0.3 is 0 Å². The van der Waals surface area contributed by atoms with Crippen LogP contribution in [0.4, 0.5) is 0 Å². The Morgan fingerprint density at radius 3 is 2.47 bits per heavy atom. The molecule has 1 fully saturated rings. The van der Waals surface area contributed by atoms with E-state index >= 15 is 0 Å². The summed E-state index contributed by atoms with van der Waals surface area (Å²) in [6, 6.07) is 0.405. The van der Waals surface area contributed by atoms with Gasteiger partial charge in [-0.2, -0.15) is 4.98 Å². The highest BCUT2D eigenvalue weighted by atomic mass is 16.5. The number of nitrogens with one attached hydrogen (secondary N) is 1. The first-order valence-corrected chi connectivity index (χ1v) is 7.70. The van der Waals surface area contributed by atoms with E-state index in [1.807, 2.05) is 7.05 Å². The standard InChI is InChI=1S/C15H27N3O/c1-11(2)13(16-3)10-14-17-15(18-19-14)12-8-6-4-5-7-9-12/h11-13,16H,4-10H2,1-3H3. The van der Waals surface area contributed by atoms with Gasteiger partial charge in [0.25, 0.3) is 0 Å². The normalized spacial score (nSPS) is 19.6. The Kier molecular flexibility index (Phi) is 5.37. The fourth-order valence-corrected chi connectivity index (χ4v) is 2.91. The van der Waals surface area contributed by atoms with Crippen LogP contribution in [0.25, 0.3) is 0 Å². The van der Waals surface area contributed by atoms with Gasteiger partial charge in [0, 0.05) is 18.4 Å². The molecule has 1 aliphatic rings. The molecular formula is C15H27N3O. The van der Waals surface area contributed by atoms with Gasteiger partial charge in [0.2, 0.25) is 5.89 Å². The third-order valence-electron chi connectivity index (χ3n) is 4.27. The SMILES string of the molecule is CNC(Cc1nc(C2CCCCCC2)no1)C(C)C. The molecule has 1 aromatic heterocycles. The average Bonchev–Trinajstić information content (AvgIpc) is 2.69. The summed E-state index contributed by atoms with van der Waals surface area (Å²) in [5.74, 6) is 2.81. The van der Waals surface area contributed by atoms with Crippen molar-refractivity contribution in [3.05, 3.63) is 11.7 Å². The second-order valence-corrected chi connectivity index (χ2v) is 6.08. The molecule has 4 nitrogen and oxygen atoms in total. The first kappa shape index (κ1) is 14.5. The van der Waals surface area contributed by atoms with Crippen LogP contribution in [0.5, 0.6) is 0 Å². The number of nitrogens with zero attached hydrogens (tertiary/aromatic N) is 2. The van der Waals surface area contributed by atoms with Gasteiger partial charge in [0.1, 0.15) is 0 Å². The molecule has 0 radical (unpaired) electrons. The molecule has 0 aliphatic heterocycles. The summed E-state index contributed by atoms with van der Waals surface area (Å²) in [6.07, 6.45) is 8.59. The van der Waals surface area contributed by atoms with Gasteiger partial charge in [0.05, 0.1) is 0 Å². The quantitative estimate of drug-likeness (QED) is 0.830. The van der Waals surface area contributed by atoms with Gasteiger partial charge in [0.15, 0.2) is 5.82 Å². The van der Waals surface area contributed by atoms with Crippen molar-refractivity contribution in [2.45, 2.75) is 70.8 Å². The van der Waals surface area contributed by atoms with E-state index in [0.717, 1.165) is 18.1 Å². The van der Waals surface area contributed by atoms with Crippen LogP contribution in [0, 0.1) is 5.92 Å². The summed E-state index contributed by atoms with van der Waals surface area (Å²) < 4.78 is 5.44. The lowest BCUT2D eigenvalue weighted by molar-refractivity contribution is 0.331. The molecule has 19 heavy (non-hydrogen) atoms. The molecule has 1 unspecified atom stereocenters. The Morgan fingerprint density at radius 1 is 1.21 bits per heavy atom. The van der Waals surface area contributed by atoms with Gasteiger partial charge in [-0.05, 0) is 25.8 Å². The van der Waals surface area contributed by atoms with E-state index in [2.05, 4.69) is 29.3 Å². The minimum Gasteiger partial charge on any atom is -0.339 e. The molecule has 1 N–H and O–H groups in total. The predicted octanol–water partition coefficient (Wildman–Crippen LogP) is 3.29. The van der Waals surface area contributed by atoms with Crippen LogP contribution in [0.2, 0.25) is 0 Å². The van der Waals surface area contributed by atoms with E-state index in [4.69, 9.17) is 4.52 Å². The van der Waals surface area contributed by atoms with Crippen molar-refractivity contribution in [3.63, 3.8) is 0 Å². The summed E-state index contributed by atoms with van der Waals surface area (Å²) in [4.78, 5) is 4.63. The fraction of sp³-hybridized carbons (Fsp3) is 0.867. The first-order chi connectivity index (χ1) is 9.20. The highest BCUT2D eigenvalue weighted by Crippen LogP contribution is 2.29. The molecule has 0 saturated heterocycles. The third-order valence-corrected chi connectivity index (χ3v) is 4.27. The second kappa shape index (κ2) is 7.04. The smallest absolute Gasteiger partial charge is 0.228 e. The molecule has 4 heteroatoms. The molecule has 1 atom stereocenters. The highest BCUT2D eigenvalue weighted by Gasteiger charge is 2.21. The van der Waals surface area contributed by atoms with Crippen molar-refractivity contribution < 1.29 is 4.52 Å². The monoisotopic (exact) mass is 265 g/mol. The molecule has 0 bridgehead atoms. The van der Waals surface area contributed by atoms with E-state index < -0.39 is 0 Å². The minimum atomic E-state index is 0.405. The van der Waals surface area contributed by atoms with Crippen LogP contribution in [0.15, 0.2) is 4.52 Å². The zero-order valence-electron chi connectivity index (χ0n) is 12.5. The molecule has 0 amide bonds. The van der Waals surface area contributed by atoms with Gasteiger partial charge < -0.3 is 9.84 Å². The average molecular weight is 265 g/mol. The van der Waals surface area contributed by atoms with Gasteiger partial charge in [-0.3, -0.25) is 0 Å². The largest absolute Gasteiger partial charge is 0.339 e. The predicted molar refractivity (Wildman–Crippen MR) is 76.1 cm³/mol. The molecule has 0 spiro atoms. The van der Waals surface area contributed by atoms with Crippen LogP contribution in [-0.4, -0.2) is 23.2 Å². The van der Waals surface area contributed by atoms with Crippen LogP contribution >= 0.6 is 0 Å². The molecule has 1 saturated carbocycles. The Morgan fingerprint density at radius 2 is 1.89 bits per heavy atom. The maximum absolute atomic E-state index is 5.44. The lowest BCUT2D eigenvalue weighted by Gasteiger charge is -2.17. The third kappa shape index (κ3) is 4.03. The highest BCUT2D eigenvalue weighted by molar-refractivity contribution is 4.97. The van der Waals surface area contributed by atoms with Crippen LogP contribution in [-0.2, 0) is 6.42 Å². The second-order valence-electron chi connectivity index (χ2n) is 6.08. The van der Waals surface area contributed by atoms with E-state index in [-0.39, 0.29) is 0 Å². The number of likely N-dealkylation sites (N-methyl/N-ethyl adjacent to an activating group) is 1. The maximum atomic E-state index is 5.44. The Hall–Kier alpha value is -0.900. The molecule has 1 heterocycles. The molecule has 2 rings (SSSR count). The van der Waals surface area contributed by atoms with Crippen molar-refractivity contribution >= 4 is 0 Å². The van der Waals surface area contributed by atoms with E-state index in [0.29, 0.717) is 17.9 Å². The van der Waals surface area contributed by atoms with Crippen molar-refractivity contribution in [1.29, 1.82) is 0 Å². The number of hydrogen-bond acceptors (Lipinski definition) is 4. The summed E-state index contributed by atoms with van der Waals surface area (Å²) in [6.45, 7) is 4.42. The first-order valence-electron chi connectivity index (χ1n) is 7.70. The van der Waals surface area contributed by atoms with Gasteiger partial charge in [-0.15, -0.1) is 0 Å². The summed E-state index contributed by atoms with van der Waals surface area (Å²) >= 11 is 0. The van der Waals surface area contributed by atoms with Crippen molar-refractivity contribution in [2.24, 2.45) is 5.92 Å².